The quantitative estimate of drug-likeness (QED) is 0.235. The van der Waals surface area contributed by atoms with Crippen molar-refractivity contribution in [1.82, 2.24) is 34.7 Å². The molecule has 0 amide bonds. The van der Waals surface area contributed by atoms with E-state index in [1.807, 2.05) is 36.4 Å². The van der Waals surface area contributed by atoms with Crippen molar-refractivity contribution in [2.45, 2.75) is 6.42 Å². The van der Waals surface area contributed by atoms with Gasteiger partial charge in [0, 0.05) is 69.0 Å². The number of aliphatic hydroxyl groups excluding tert-OH is 1. The maximum atomic E-state index is 9.09. The van der Waals surface area contributed by atoms with Crippen LogP contribution in [0.1, 0.15) is 6.42 Å². The summed E-state index contributed by atoms with van der Waals surface area (Å²) in [7, 11) is 1.61. The summed E-state index contributed by atoms with van der Waals surface area (Å²) in [4.78, 5) is 25.8. The Hall–Kier alpha value is -4.06. The van der Waals surface area contributed by atoms with E-state index in [2.05, 4.69) is 40.0 Å². The molecule has 0 aliphatic carbocycles. The largest absolute Gasteiger partial charge is 0.495 e. The number of anilines is 2. The molecule has 0 atom stereocenters. The summed E-state index contributed by atoms with van der Waals surface area (Å²) in [5.41, 5.74) is 3.15. The first kappa shape index (κ1) is 26.5. The highest BCUT2D eigenvalue weighted by molar-refractivity contribution is 5.64. The molecule has 0 bridgehead atoms. The van der Waals surface area contributed by atoms with E-state index < -0.39 is 0 Å². The van der Waals surface area contributed by atoms with Crippen molar-refractivity contribution in [3.8, 4) is 34.3 Å². The predicted octanol–water partition coefficient (Wildman–Crippen LogP) is 3.06. The Morgan fingerprint density at radius 1 is 0.974 bits per heavy atom. The lowest BCUT2D eigenvalue weighted by molar-refractivity contribution is 0.108. The molecule has 0 radical (unpaired) electrons. The van der Waals surface area contributed by atoms with Gasteiger partial charge in [-0.1, -0.05) is 6.07 Å². The highest BCUT2D eigenvalue weighted by atomic mass is 16.5. The van der Waals surface area contributed by atoms with Crippen LogP contribution in [0, 0.1) is 0 Å². The number of rotatable bonds is 12. The van der Waals surface area contributed by atoms with Gasteiger partial charge in [0.25, 0.3) is 0 Å². The number of imidazole rings is 1. The molecule has 3 N–H and O–H groups in total. The first-order valence-corrected chi connectivity index (χ1v) is 13.1. The molecule has 39 heavy (non-hydrogen) atoms. The van der Waals surface area contributed by atoms with E-state index in [1.165, 1.54) is 0 Å². The number of β-amino-alcohol motifs (C(OH)–C–C–N with tert-alkyl or cyclic N) is 1. The molecule has 3 aromatic heterocycles. The maximum Gasteiger partial charge on any atom is 0.227 e. The highest BCUT2D eigenvalue weighted by Crippen LogP contribution is 2.25. The summed E-state index contributed by atoms with van der Waals surface area (Å²) in [5, 5.41) is 12.4. The summed E-state index contributed by atoms with van der Waals surface area (Å²) in [6, 6.07) is 11.5. The molecule has 1 fully saturated rings. The van der Waals surface area contributed by atoms with E-state index in [9.17, 15) is 0 Å². The zero-order valence-electron chi connectivity index (χ0n) is 22.1. The molecule has 1 saturated heterocycles. The van der Waals surface area contributed by atoms with Crippen LogP contribution in [0.25, 0.3) is 22.8 Å². The van der Waals surface area contributed by atoms with Gasteiger partial charge < -0.3 is 29.8 Å². The molecule has 1 aliphatic rings. The Morgan fingerprint density at radius 3 is 2.64 bits per heavy atom. The molecule has 4 aromatic rings. The summed E-state index contributed by atoms with van der Waals surface area (Å²) >= 11 is 0. The summed E-state index contributed by atoms with van der Waals surface area (Å²) in [6.45, 7) is 6.76. The molecule has 0 saturated carbocycles. The fourth-order valence-corrected chi connectivity index (χ4v) is 4.48. The topological polar surface area (TPSA) is 125 Å². The minimum atomic E-state index is 0.230. The third-order valence-corrected chi connectivity index (χ3v) is 6.59. The predicted molar refractivity (Wildman–Crippen MR) is 149 cm³/mol. The first-order chi connectivity index (χ1) is 19.2. The monoisotopic (exact) mass is 530 g/mol. The van der Waals surface area contributed by atoms with Gasteiger partial charge in [-0.3, -0.25) is 9.88 Å². The molecule has 11 nitrogen and oxygen atoms in total. The van der Waals surface area contributed by atoms with Gasteiger partial charge in [0.2, 0.25) is 5.95 Å². The molecule has 5 rings (SSSR count). The lowest BCUT2D eigenvalue weighted by Crippen LogP contribution is -2.47. The van der Waals surface area contributed by atoms with Crippen LogP contribution in [0.5, 0.6) is 11.5 Å². The molecule has 204 valence electrons. The number of piperazine rings is 1. The maximum absolute atomic E-state index is 9.09. The van der Waals surface area contributed by atoms with Gasteiger partial charge >= 0.3 is 0 Å². The molecule has 1 aromatic carbocycles. The van der Waals surface area contributed by atoms with E-state index in [1.54, 1.807) is 31.9 Å². The van der Waals surface area contributed by atoms with Crippen molar-refractivity contribution in [1.29, 1.82) is 0 Å². The molecule has 0 spiro atoms. The Balaban J connectivity index is 1.14. The number of H-pyrrole nitrogens is 1. The number of aliphatic hydroxyl groups is 1. The third-order valence-electron chi connectivity index (χ3n) is 6.59. The van der Waals surface area contributed by atoms with Gasteiger partial charge in [0.15, 0.2) is 0 Å². The van der Waals surface area contributed by atoms with E-state index in [4.69, 9.17) is 14.6 Å². The average Bonchev–Trinajstić information content (AvgIpc) is 3.48. The van der Waals surface area contributed by atoms with Crippen LogP contribution in [-0.2, 0) is 0 Å². The molecular formula is C28H34N8O3. The van der Waals surface area contributed by atoms with Crippen LogP contribution < -0.4 is 14.8 Å². The summed E-state index contributed by atoms with van der Waals surface area (Å²) in [5.74, 6) is 2.62. The minimum absolute atomic E-state index is 0.230. The zero-order valence-corrected chi connectivity index (χ0v) is 22.1. The Morgan fingerprint density at radius 2 is 1.82 bits per heavy atom. The standard InChI is InChI=1S/C28H34N8O3/c1-38-24-16-21(18-29-19-24)27-31-20-26(33-27)25-6-7-30-28(34-25)32-22-4-2-5-23(17-22)39-15-3-8-35-9-11-36(12-10-35)13-14-37/h2,4-7,16-20,37H,3,8-15H2,1H3,(H,31,33)(H,30,32,34). The Labute approximate surface area is 227 Å². The second kappa shape index (κ2) is 13.1. The molecule has 1 aliphatic heterocycles. The van der Waals surface area contributed by atoms with Crippen molar-refractivity contribution >= 4 is 11.6 Å². The van der Waals surface area contributed by atoms with Gasteiger partial charge in [0.1, 0.15) is 17.3 Å². The number of hydrogen-bond acceptors (Lipinski definition) is 10. The minimum Gasteiger partial charge on any atom is -0.495 e. The van der Waals surface area contributed by atoms with Crippen molar-refractivity contribution in [3.05, 3.63) is 61.2 Å². The molecular weight excluding hydrogens is 496 g/mol. The molecule has 11 heteroatoms. The van der Waals surface area contributed by atoms with Crippen molar-refractivity contribution < 1.29 is 14.6 Å². The number of nitrogens with zero attached hydrogens (tertiary/aromatic N) is 6. The fourth-order valence-electron chi connectivity index (χ4n) is 4.48. The first-order valence-electron chi connectivity index (χ1n) is 13.1. The van der Waals surface area contributed by atoms with Crippen molar-refractivity contribution in [2.75, 3.05) is 64.9 Å². The summed E-state index contributed by atoms with van der Waals surface area (Å²) < 4.78 is 11.3. The van der Waals surface area contributed by atoms with Crippen molar-refractivity contribution in [3.63, 3.8) is 0 Å². The lowest BCUT2D eigenvalue weighted by atomic mass is 10.2. The average molecular weight is 531 g/mol. The molecule has 4 heterocycles. The SMILES string of the molecule is COc1cncc(-c2ncc(-c3ccnc(Nc4cccc(OCCCN5CCN(CCO)CC5)c4)n3)[nH]2)c1. The van der Waals surface area contributed by atoms with Crippen LogP contribution in [0.3, 0.4) is 0 Å². The van der Waals surface area contributed by atoms with Crippen LogP contribution in [0.4, 0.5) is 11.6 Å². The smallest absolute Gasteiger partial charge is 0.227 e. The van der Waals surface area contributed by atoms with Gasteiger partial charge in [-0.15, -0.1) is 0 Å². The highest BCUT2D eigenvalue weighted by Gasteiger charge is 2.15. The van der Waals surface area contributed by atoms with Crippen LogP contribution in [0.15, 0.2) is 61.2 Å². The fraction of sp³-hybridized carbons (Fsp3) is 0.357. The van der Waals surface area contributed by atoms with Gasteiger partial charge in [0.05, 0.1) is 44.1 Å². The number of methoxy groups -OCH3 is 1. The lowest BCUT2D eigenvalue weighted by Gasteiger charge is -2.34. The number of aromatic nitrogens is 5. The van der Waals surface area contributed by atoms with E-state index in [-0.39, 0.29) is 6.61 Å². The second-order valence-corrected chi connectivity index (χ2v) is 9.29. The third kappa shape index (κ3) is 7.29. The van der Waals surface area contributed by atoms with E-state index in [0.29, 0.717) is 29.8 Å². The number of pyridine rings is 1. The van der Waals surface area contributed by atoms with Crippen molar-refractivity contribution in [2.24, 2.45) is 0 Å². The summed E-state index contributed by atoms with van der Waals surface area (Å²) in [6.07, 6.45) is 7.79. The van der Waals surface area contributed by atoms with Crippen LogP contribution >= 0.6 is 0 Å². The van der Waals surface area contributed by atoms with Gasteiger partial charge in [-0.25, -0.2) is 15.0 Å². The van der Waals surface area contributed by atoms with Gasteiger partial charge in [-0.2, -0.15) is 0 Å². The second-order valence-electron chi connectivity index (χ2n) is 9.29. The zero-order chi connectivity index (χ0) is 26.9. The van der Waals surface area contributed by atoms with E-state index >= 15 is 0 Å². The number of aromatic amines is 1. The number of hydrogen-bond donors (Lipinski definition) is 3. The van der Waals surface area contributed by atoms with Gasteiger partial charge in [-0.05, 0) is 30.7 Å². The van der Waals surface area contributed by atoms with Crippen LogP contribution in [0.2, 0.25) is 0 Å². The normalized spacial score (nSPS) is 14.3. The number of benzene rings is 1. The Kier molecular flexibility index (Phi) is 8.94. The molecule has 0 unspecified atom stereocenters. The number of nitrogens with one attached hydrogen (secondary N) is 2. The van der Waals surface area contributed by atoms with E-state index in [0.717, 1.165) is 68.4 Å². The Bertz CT molecular complexity index is 1340. The number of ether oxygens (including phenoxy) is 2. The van der Waals surface area contributed by atoms with Crippen LogP contribution in [-0.4, -0.2) is 99.4 Å².